The molecule has 0 aromatic heterocycles. The standard InChI is InChI=1S/C7H12N2O4/c8-4(5(10)11)1-2-7(13)3-9-6(7)12/h4,13H,1-3,8H2,(H,9,12)(H,10,11)/t4-,7-/m0/s1. The zero-order valence-corrected chi connectivity index (χ0v) is 7.08. The van der Waals surface area contributed by atoms with Gasteiger partial charge in [0.15, 0.2) is 5.60 Å². The third-order valence-corrected chi connectivity index (χ3v) is 2.20. The SMILES string of the molecule is [NH3+][C@@H](CC[C@]1(O)CNC1=O)C(=O)[O-]. The fraction of sp³-hybridized carbons (Fsp3) is 0.714. The lowest BCUT2D eigenvalue weighted by Gasteiger charge is -2.35. The van der Waals surface area contributed by atoms with Crippen LogP contribution in [0.4, 0.5) is 0 Å². The Labute approximate surface area is 74.7 Å². The average molecular weight is 188 g/mol. The highest BCUT2D eigenvalue weighted by Gasteiger charge is 2.44. The lowest BCUT2D eigenvalue weighted by atomic mass is 9.89. The van der Waals surface area contributed by atoms with E-state index >= 15 is 0 Å². The van der Waals surface area contributed by atoms with E-state index in [1.165, 1.54) is 0 Å². The first-order valence-electron chi connectivity index (χ1n) is 4.00. The van der Waals surface area contributed by atoms with Crippen LogP contribution < -0.4 is 16.2 Å². The number of rotatable bonds is 4. The minimum absolute atomic E-state index is 0.112. The summed E-state index contributed by atoms with van der Waals surface area (Å²) >= 11 is 0. The molecular weight excluding hydrogens is 176 g/mol. The summed E-state index contributed by atoms with van der Waals surface area (Å²) in [4.78, 5) is 21.0. The maximum atomic E-state index is 10.8. The number of quaternary nitrogens is 1. The van der Waals surface area contributed by atoms with Gasteiger partial charge in [-0.2, -0.15) is 0 Å². The Morgan fingerprint density at radius 1 is 1.85 bits per heavy atom. The van der Waals surface area contributed by atoms with Crippen molar-refractivity contribution in [1.82, 2.24) is 5.32 Å². The van der Waals surface area contributed by atoms with Crippen LogP contribution in [-0.4, -0.2) is 35.2 Å². The number of aliphatic hydroxyl groups is 1. The second kappa shape index (κ2) is 3.31. The zero-order chi connectivity index (χ0) is 10.1. The Morgan fingerprint density at radius 2 is 2.46 bits per heavy atom. The fourth-order valence-corrected chi connectivity index (χ4v) is 1.10. The number of β-amino-alcohol motifs (C(OH)–C–C–N with tert-alkyl or cyclic N) is 1. The minimum atomic E-state index is -1.38. The van der Waals surface area contributed by atoms with Crippen LogP contribution in [0.15, 0.2) is 0 Å². The van der Waals surface area contributed by atoms with Gasteiger partial charge in [-0.1, -0.05) is 0 Å². The zero-order valence-electron chi connectivity index (χ0n) is 7.08. The Kier molecular flexibility index (Phi) is 2.53. The molecule has 0 radical (unpaired) electrons. The summed E-state index contributed by atoms with van der Waals surface area (Å²) in [6.07, 6.45) is 0.257. The molecule has 0 aromatic rings. The molecule has 1 aliphatic rings. The van der Waals surface area contributed by atoms with Crippen molar-refractivity contribution < 1.29 is 25.5 Å². The van der Waals surface area contributed by atoms with Gasteiger partial charge >= 0.3 is 0 Å². The lowest BCUT2D eigenvalue weighted by molar-refractivity contribution is -0.439. The van der Waals surface area contributed by atoms with E-state index in [0.29, 0.717) is 0 Å². The molecule has 0 aliphatic carbocycles. The highest BCUT2D eigenvalue weighted by atomic mass is 16.4. The minimum Gasteiger partial charge on any atom is -0.544 e. The number of hydrogen-bond acceptors (Lipinski definition) is 4. The van der Waals surface area contributed by atoms with Crippen molar-refractivity contribution in [3.05, 3.63) is 0 Å². The molecule has 1 saturated heterocycles. The van der Waals surface area contributed by atoms with Crippen molar-refractivity contribution in [2.24, 2.45) is 0 Å². The Hall–Kier alpha value is -1.14. The summed E-state index contributed by atoms with van der Waals surface area (Å²) in [5, 5.41) is 22.1. The number of hydrogen-bond donors (Lipinski definition) is 3. The van der Waals surface area contributed by atoms with Crippen molar-refractivity contribution in [3.8, 4) is 0 Å². The predicted molar refractivity (Wildman–Crippen MR) is 38.9 cm³/mol. The van der Waals surface area contributed by atoms with Crippen LogP contribution >= 0.6 is 0 Å². The number of amides is 1. The molecule has 1 rings (SSSR count). The maximum Gasteiger partial charge on any atom is 0.253 e. The van der Waals surface area contributed by atoms with E-state index in [0.717, 1.165) is 0 Å². The lowest BCUT2D eigenvalue weighted by Crippen LogP contribution is -2.70. The van der Waals surface area contributed by atoms with Gasteiger partial charge in [0.25, 0.3) is 5.91 Å². The molecule has 6 heteroatoms. The molecule has 1 fully saturated rings. The van der Waals surface area contributed by atoms with Gasteiger partial charge in [-0.05, 0) is 6.42 Å². The summed E-state index contributed by atoms with van der Waals surface area (Å²) in [7, 11) is 0. The number of carbonyl (C=O) groups excluding carboxylic acids is 2. The summed E-state index contributed by atoms with van der Waals surface area (Å²) in [5.74, 6) is -1.71. The molecule has 6 nitrogen and oxygen atoms in total. The summed E-state index contributed by atoms with van der Waals surface area (Å²) < 4.78 is 0. The second-order valence-corrected chi connectivity index (χ2v) is 3.27. The second-order valence-electron chi connectivity index (χ2n) is 3.27. The molecule has 0 saturated carbocycles. The van der Waals surface area contributed by atoms with Crippen LogP contribution in [-0.2, 0) is 9.59 Å². The van der Waals surface area contributed by atoms with Gasteiger partial charge in [-0.15, -0.1) is 0 Å². The first-order chi connectivity index (χ1) is 5.96. The van der Waals surface area contributed by atoms with Gasteiger partial charge in [0.2, 0.25) is 0 Å². The van der Waals surface area contributed by atoms with E-state index in [-0.39, 0.29) is 19.4 Å². The van der Waals surface area contributed by atoms with E-state index in [1.807, 2.05) is 0 Å². The number of carboxylic acids is 1. The number of nitrogens with one attached hydrogen (secondary N) is 1. The van der Waals surface area contributed by atoms with Crippen molar-refractivity contribution >= 4 is 11.9 Å². The first kappa shape index (κ1) is 9.94. The third-order valence-electron chi connectivity index (χ3n) is 2.20. The van der Waals surface area contributed by atoms with Gasteiger partial charge in [0.1, 0.15) is 6.04 Å². The van der Waals surface area contributed by atoms with Gasteiger partial charge in [0.05, 0.1) is 12.5 Å². The van der Waals surface area contributed by atoms with E-state index in [9.17, 15) is 19.8 Å². The number of aliphatic carboxylic acids is 1. The fourth-order valence-electron chi connectivity index (χ4n) is 1.10. The average Bonchev–Trinajstić information content (AvgIpc) is 2.10. The molecule has 1 heterocycles. The third kappa shape index (κ3) is 1.96. The van der Waals surface area contributed by atoms with E-state index < -0.39 is 23.5 Å². The molecular formula is C7H12N2O4. The molecule has 1 aliphatic heterocycles. The molecule has 0 spiro atoms. The molecule has 74 valence electrons. The molecule has 1 amide bonds. The Bertz CT molecular complexity index is 243. The largest absolute Gasteiger partial charge is 0.544 e. The van der Waals surface area contributed by atoms with Crippen LogP contribution in [0.25, 0.3) is 0 Å². The number of carbonyl (C=O) groups is 2. The topological polar surface area (TPSA) is 117 Å². The van der Waals surface area contributed by atoms with Crippen LogP contribution in [0.3, 0.4) is 0 Å². The van der Waals surface area contributed by atoms with Crippen LogP contribution in [0.5, 0.6) is 0 Å². The smallest absolute Gasteiger partial charge is 0.253 e. The first-order valence-corrected chi connectivity index (χ1v) is 4.00. The highest BCUT2D eigenvalue weighted by Crippen LogP contribution is 2.19. The number of carboxylic acid groups (broad SMARTS) is 1. The molecule has 0 unspecified atom stereocenters. The maximum absolute atomic E-state index is 10.8. The van der Waals surface area contributed by atoms with Crippen molar-refractivity contribution in [1.29, 1.82) is 0 Å². The highest BCUT2D eigenvalue weighted by molar-refractivity contribution is 5.91. The number of β-lactam (4-membered cyclic amide) rings is 1. The molecule has 2 atom stereocenters. The van der Waals surface area contributed by atoms with Gasteiger partial charge in [-0.3, -0.25) is 4.79 Å². The summed E-state index contributed by atoms with van der Waals surface area (Å²) in [6, 6.07) is -0.877. The predicted octanol–water partition coefficient (Wildman–Crippen LogP) is -4.01. The molecule has 0 bridgehead atoms. The van der Waals surface area contributed by atoms with E-state index in [4.69, 9.17) is 0 Å². The summed E-state index contributed by atoms with van der Waals surface area (Å²) in [6.45, 7) is 0.186. The van der Waals surface area contributed by atoms with E-state index in [2.05, 4.69) is 11.1 Å². The van der Waals surface area contributed by atoms with Gasteiger partial charge in [-0.25, -0.2) is 0 Å². The van der Waals surface area contributed by atoms with Crippen LogP contribution in [0.2, 0.25) is 0 Å². The van der Waals surface area contributed by atoms with Crippen LogP contribution in [0, 0.1) is 0 Å². The molecule has 13 heavy (non-hydrogen) atoms. The monoisotopic (exact) mass is 188 g/mol. The van der Waals surface area contributed by atoms with Crippen LogP contribution in [0.1, 0.15) is 12.8 Å². The van der Waals surface area contributed by atoms with Crippen molar-refractivity contribution in [3.63, 3.8) is 0 Å². The summed E-state index contributed by atoms with van der Waals surface area (Å²) in [5.41, 5.74) is 1.94. The Balaban J connectivity index is 2.34. The normalized spacial score (nSPS) is 28.9. The van der Waals surface area contributed by atoms with Crippen molar-refractivity contribution in [2.75, 3.05) is 6.54 Å². The molecule has 5 N–H and O–H groups in total. The Morgan fingerprint density at radius 3 is 2.77 bits per heavy atom. The van der Waals surface area contributed by atoms with Gasteiger partial charge in [0, 0.05) is 6.42 Å². The molecule has 0 aromatic carbocycles. The quantitative estimate of drug-likeness (QED) is 0.389. The van der Waals surface area contributed by atoms with E-state index in [1.54, 1.807) is 0 Å². The van der Waals surface area contributed by atoms with Crippen molar-refractivity contribution in [2.45, 2.75) is 24.5 Å². The van der Waals surface area contributed by atoms with Gasteiger partial charge < -0.3 is 26.1 Å².